The molecule has 9 heteroatoms. The molecule has 142 valence electrons. The van der Waals surface area contributed by atoms with E-state index in [2.05, 4.69) is 15.3 Å². The molecule has 2 aromatic carbocycles. The normalized spacial score (nSPS) is 11.1. The van der Waals surface area contributed by atoms with Crippen LogP contribution >= 0.6 is 0 Å². The van der Waals surface area contributed by atoms with Gasteiger partial charge in [-0.1, -0.05) is 28.6 Å². The van der Waals surface area contributed by atoms with Crippen LogP contribution in [0.4, 0.5) is 5.82 Å². The number of benzene rings is 2. The lowest BCUT2D eigenvalue weighted by Gasteiger charge is -2.19. The SMILES string of the molecule is [B]c1c([B])c(C(=O)Nc2cc3cc(-c4cnc(C)n4C)ccc3cn2)c([B])c([B])c1C. The molecule has 0 aliphatic rings. The van der Waals surface area contributed by atoms with Gasteiger partial charge in [0.2, 0.25) is 0 Å². The van der Waals surface area contributed by atoms with Crippen molar-refractivity contribution in [1.82, 2.24) is 14.5 Å². The van der Waals surface area contributed by atoms with Gasteiger partial charge in [0.25, 0.3) is 5.91 Å². The van der Waals surface area contributed by atoms with Gasteiger partial charge in [-0.25, -0.2) is 9.97 Å². The number of fused-ring (bicyclic) bond motifs is 1. The summed E-state index contributed by atoms with van der Waals surface area (Å²) in [6.07, 6.45) is 3.52. The Morgan fingerprint density at radius 3 is 2.19 bits per heavy atom. The highest BCUT2D eigenvalue weighted by Gasteiger charge is 2.17. The minimum Gasteiger partial charge on any atom is -0.331 e. The number of aryl methyl sites for hydroxylation is 1. The maximum Gasteiger partial charge on any atom is 0.255 e. The molecular weight excluding hydrogens is 380 g/mol. The molecule has 0 atom stereocenters. The number of nitrogens with one attached hydrogen (secondary N) is 1. The number of hydrogen-bond acceptors (Lipinski definition) is 3. The minimum absolute atomic E-state index is 0.0432. The topological polar surface area (TPSA) is 59.8 Å². The molecular formula is C22H16B4N4O. The third-order valence-electron chi connectivity index (χ3n) is 5.63. The van der Waals surface area contributed by atoms with E-state index in [1.54, 1.807) is 19.2 Å². The third kappa shape index (κ3) is 3.58. The molecule has 4 aromatic rings. The van der Waals surface area contributed by atoms with E-state index in [4.69, 9.17) is 31.4 Å². The summed E-state index contributed by atoms with van der Waals surface area (Å²) in [6, 6.07) is 7.79. The lowest BCUT2D eigenvalue weighted by Crippen LogP contribution is -2.49. The van der Waals surface area contributed by atoms with E-state index in [0.717, 1.165) is 27.9 Å². The molecule has 0 aliphatic heterocycles. The van der Waals surface area contributed by atoms with Crippen molar-refractivity contribution < 1.29 is 4.79 Å². The molecule has 0 bridgehead atoms. The highest BCUT2D eigenvalue weighted by Crippen LogP contribution is 2.25. The van der Waals surface area contributed by atoms with E-state index in [1.165, 1.54) is 0 Å². The van der Waals surface area contributed by atoms with Crippen molar-refractivity contribution in [3.05, 3.63) is 53.6 Å². The quantitative estimate of drug-likeness (QED) is 0.484. The number of carbonyl (C=O) groups is 1. The summed E-state index contributed by atoms with van der Waals surface area (Å²) in [4.78, 5) is 21.6. The fraction of sp³-hybridized carbons (Fsp3) is 0.136. The molecule has 2 aromatic heterocycles. The zero-order chi connectivity index (χ0) is 22.4. The number of anilines is 1. The number of aromatic nitrogens is 3. The highest BCUT2D eigenvalue weighted by molar-refractivity contribution is 6.60. The van der Waals surface area contributed by atoms with Crippen LogP contribution in [0, 0.1) is 13.8 Å². The number of carbonyl (C=O) groups excluding carboxylic acids is 1. The molecule has 8 radical (unpaired) electrons. The predicted octanol–water partition coefficient (Wildman–Crippen LogP) is -0.320. The molecule has 1 N–H and O–H groups in total. The molecule has 31 heavy (non-hydrogen) atoms. The number of imidazole rings is 1. The Morgan fingerprint density at radius 1 is 0.903 bits per heavy atom. The maximum absolute atomic E-state index is 12.9. The van der Waals surface area contributed by atoms with Gasteiger partial charge < -0.3 is 9.88 Å². The molecule has 1 amide bonds. The van der Waals surface area contributed by atoms with E-state index < -0.39 is 5.91 Å². The molecule has 5 nitrogen and oxygen atoms in total. The average Bonchev–Trinajstić information content (AvgIpc) is 3.09. The molecule has 0 aliphatic carbocycles. The van der Waals surface area contributed by atoms with Crippen molar-refractivity contribution in [2.75, 3.05) is 5.32 Å². The van der Waals surface area contributed by atoms with Crippen LogP contribution in [-0.2, 0) is 7.05 Å². The van der Waals surface area contributed by atoms with Crippen LogP contribution < -0.4 is 27.2 Å². The fourth-order valence-electron chi connectivity index (χ4n) is 3.53. The van der Waals surface area contributed by atoms with Crippen LogP contribution in [0.3, 0.4) is 0 Å². The van der Waals surface area contributed by atoms with Gasteiger partial charge in [0.05, 0.1) is 11.9 Å². The van der Waals surface area contributed by atoms with E-state index in [0.29, 0.717) is 11.4 Å². The Hall–Kier alpha value is -3.21. The Kier molecular flexibility index (Phi) is 5.29. The number of rotatable bonds is 3. The number of nitrogens with zero attached hydrogens (tertiary/aromatic N) is 3. The second kappa shape index (κ2) is 7.80. The summed E-state index contributed by atoms with van der Waals surface area (Å²) in [5, 5.41) is 4.58. The first-order chi connectivity index (χ1) is 14.7. The van der Waals surface area contributed by atoms with E-state index in [-0.39, 0.29) is 27.4 Å². The van der Waals surface area contributed by atoms with Gasteiger partial charge in [-0.15, -0.1) is 10.9 Å². The summed E-state index contributed by atoms with van der Waals surface area (Å²) < 4.78 is 2.02. The lowest BCUT2D eigenvalue weighted by atomic mass is 9.64. The zero-order valence-electron chi connectivity index (χ0n) is 17.5. The Labute approximate surface area is 186 Å². The zero-order valence-corrected chi connectivity index (χ0v) is 17.5. The third-order valence-corrected chi connectivity index (χ3v) is 5.63. The smallest absolute Gasteiger partial charge is 0.255 e. The summed E-state index contributed by atoms with van der Waals surface area (Å²) in [7, 11) is 26.0. The van der Waals surface area contributed by atoms with Crippen LogP contribution in [-0.4, -0.2) is 51.8 Å². The average molecular weight is 396 g/mol. The van der Waals surface area contributed by atoms with Gasteiger partial charge >= 0.3 is 0 Å². The molecule has 0 saturated carbocycles. The number of pyridine rings is 1. The van der Waals surface area contributed by atoms with Crippen molar-refractivity contribution in [2.45, 2.75) is 13.8 Å². The van der Waals surface area contributed by atoms with Crippen molar-refractivity contribution in [3.8, 4) is 11.3 Å². The van der Waals surface area contributed by atoms with Gasteiger partial charge in [0, 0.05) is 29.8 Å². The summed E-state index contributed by atoms with van der Waals surface area (Å²) >= 11 is 0. The lowest BCUT2D eigenvalue weighted by molar-refractivity contribution is 0.102. The Bertz CT molecular complexity index is 1330. The molecule has 0 saturated heterocycles. The first-order valence-electron chi connectivity index (χ1n) is 9.61. The van der Waals surface area contributed by atoms with Gasteiger partial charge in [-0.05, 0) is 31.4 Å². The summed E-state index contributed by atoms with van der Waals surface area (Å²) in [6.45, 7) is 3.65. The molecule has 0 spiro atoms. The van der Waals surface area contributed by atoms with Gasteiger partial charge in [0.1, 0.15) is 43.0 Å². The molecule has 2 heterocycles. The predicted molar refractivity (Wildman–Crippen MR) is 129 cm³/mol. The standard InChI is InChI=1S/C22H16B4N4O/c1-10-18(23)20(25)17(21(26)19(10)24)22(31)29-16-7-14-6-12(4-5-13(14)8-28-16)15-9-27-11(2)30(15)3/h4-9H,1-3H3,(H,28,29,31). The molecule has 4 rings (SSSR count). The minimum atomic E-state index is -0.529. The van der Waals surface area contributed by atoms with Crippen LogP contribution in [0.15, 0.2) is 36.7 Å². The number of hydrogen-bond donors (Lipinski definition) is 1. The molecule has 0 fully saturated rings. The largest absolute Gasteiger partial charge is 0.331 e. The van der Waals surface area contributed by atoms with E-state index in [1.807, 2.05) is 42.9 Å². The maximum atomic E-state index is 12.9. The van der Waals surface area contributed by atoms with Crippen LogP contribution in [0.5, 0.6) is 0 Å². The van der Waals surface area contributed by atoms with Crippen molar-refractivity contribution in [3.63, 3.8) is 0 Å². The van der Waals surface area contributed by atoms with Gasteiger partial charge in [-0.2, -0.15) is 0 Å². The second-order valence-corrected chi connectivity index (χ2v) is 7.49. The summed E-state index contributed by atoms with van der Waals surface area (Å²) in [5.41, 5.74) is 3.25. The first kappa shape index (κ1) is 21.0. The molecule has 0 unspecified atom stereocenters. The van der Waals surface area contributed by atoms with Crippen LogP contribution in [0.1, 0.15) is 21.7 Å². The Balaban J connectivity index is 1.71. The van der Waals surface area contributed by atoms with Crippen molar-refractivity contribution in [2.24, 2.45) is 7.05 Å². The van der Waals surface area contributed by atoms with E-state index in [9.17, 15) is 4.79 Å². The van der Waals surface area contributed by atoms with Crippen molar-refractivity contribution in [1.29, 1.82) is 0 Å². The second-order valence-electron chi connectivity index (χ2n) is 7.49. The van der Waals surface area contributed by atoms with Gasteiger partial charge in [0.15, 0.2) is 0 Å². The monoisotopic (exact) mass is 396 g/mol. The van der Waals surface area contributed by atoms with Crippen molar-refractivity contribution >= 4 is 75.7 Å². The van der Waals surface area contributed by atoms with Crippen LogP contribution in [0.25, 0.3) is 22.0 Å². The highest BCUT2D eigenvalue weighted by atomic mass is 16.1. The fourth-order valence-corrected chi connectivity index (χ4v) is 3.53. The van der Waals surface area contributed by atoms with E-state index >= 15 is 0 Å². The van der Waals surface area contributed by atoms with Gasteiger partial charge in [-0.3, -0.25) is 4.79 Å². The first-order valence-corrected chi connectivity index (χ1v) is 9.61. The Morgan fingerprint density at radius 2 is 1.58 bits per heavy atom. The summed E-state index contributed by atoms with van der Waals surface area (Å²) in [5.74, 6) is 0.746. The number of amides is 1. The van der Waals surface area contributed by atoms with Crippen LogP contribution in [0.2, 0.25) is 0 Å².